The minimum atomic E-state index is -0.839. The van der Waals surface area contributed by atoms with Crippen LogP contribution in [0.25, 0.3) is 0 Å². The maximum absolute atomic E-state index is 2.33. The van der Waals surface area contributed by atoms with Crippen molar-refractivity contribution in [2.24, 2.45) is 0 Å². The van der Waals surface area contributed by atoms with Gasteiger partial charge in [0.1, 0.15) is 0 Å². The van der Waals surface area contributed by atoms with Crippen molar-refractivity contribution in [3.63, 3.8) is 0 Å². The van der Waals surface area contributed by atoms with Crippen LogP contribution in [0.1, 0.15) is 66.7 Å². The van der Waals surface area contributed by atoms with Crippen LogP contribution in [0.3, 0.4) is 0 Å². The minimum absolute atomic E-state index is 0. The van der Waals surface area contributed by atoms with Crippen molar-refractivity contribution in [3.8, 4) is 0 Å². The van der Waals surface area contributed by atoms with E-state index in [9.17, 15) is 0 Å². The summed E-state index contributed by atoms with van der Waals surface area (Å²) in [7, 11) is 0. The van der Waals surface area contributed by atoms with E-state index in [0.29, 0.717) is 0 Å². The van der Waals surface area contributed by atoms with E-state index in [1.807, 2.05) is 0 Å². The van der Waals surface area contributed by atoms with E-state index in [1.54, 1.807) is 13.3 Å². The summed E-state index contributed by atoms with van der Waals surface area (Å²) in [5.74, 6) is 0. The summed E-state index contributed by atoms with van der Waals surface area (Å²) in [6.45, 7) is 7.00. The molecule has 0 aromatic heterocycles. The predicted octanol–water partition coefficient (Wildman–Crippen LogP) is 5.52. The van der Waals surface area contributed by atoms with Gasteiger partial charge >= 0.3 is 92.4 Å². The fourth-order valence-electron chi connectivity index (χ4n) is 1.66. The summed E-state index contributed by atoms with van der Waals surface area (Å²) >= 11 is -0.839. The molecule has 14 heavy (non-hydrogen) atoms. The van der Waals surface area contributed by atoms with Crippen LogP contribution in [0.5, 0.6) is 0 Å². The Morgan fingerprint density at radius 1 is 0.643 bits per heavy atom. The molecule has 0 bridgehead atoms. The second-order valence-corrected chi connectivity index (χ2v) is 12.6. The average Bonchev–Trinajstić information content (AvgIpc) is 2.17. The fraction of sp³-hybridized carbons (Fsp3) is 1.00. The first kappa shape index (κ1) is 17.2. The second kappa shape index (κ2) is 13.8. The van der Waals surface area contributed by atoms with Gasteiger partial charge in [0, 0.05) is 0 Å². The fourth-order valence-corrected chi connectivity index (χ4v) is 11.1. The summed E-state index contributed by atoms with van der Waals surface area (Å²) in [6.07, 6.45) is 8.85. The van der Waals surface area contributed by atoms with Crippen molar-refractivity contribution in [1.29, 1.82) is 0 Å². The Labute approximate surface area is 99.6 Å². The molecule has 0 aliphatic carbocycles. The molecule has 0 aromatic carbocycles. The van der Waals surface area contributed by atoms with Gasteiger partial charge in [-0.15, -0.1) is 0 Å². The normalized spacial score (nSPS) is 10.3. The SMILES string of the molecule is C.CCC[CH2][Sn]([CH2]CCC)[CH2]CCC. The summed E-state index contributed by atoms with van der Waals surface area (Å²) in [6, 6.07) is 0. The number of rotatable bonds is 9. The molecule has 0 fully saturated rings. The molecule has 1 radical (unpaired) electrons. The summed E-state index contributed by atoms with van der Waals surface area (Å²) in [5, 5.41) is 0. The molecular weight excluding hydrogens is 275 g/mol. The first-order valence-electron chi connectivity index (χ1n) is 6.18. The van der Waals surface area contributed by atoms with Crippen LogP contribution in [-0.4, -0.2) is 19.8 Å². The average molecular weight is 306 g/mol. The number of hydrogen-bond acceptors (Lipinski definition) is 0. The Morgan fingerprint density at radius 2 is 0.929 bits per heavy atom. The van der Waals surface area contributed by atoms with Gasteiger partial charge in [0.25, 0.3) is 0 Å². The molecule has 87 valence electrons. The molecule has 0 aliphatic rings. The molecule has 0 saturated heterocycles. The van der Waals surface area contributed by atoms with Crippen LogP contribution >= 0.6 is 0 Å². The topological polar surface area (TPSA) is 0 Å². The molecule has 1 heteroatoms. The zero-order valence-corrected chi connectivity index (χ0v) is 12.7. The third kappa shape index (κ3) is 10.9. The zero-order chi connectivity index (χ0) is 9.94. The van der Waals surface area contributed by atoms with E-state index >= 15 is 0 Å². The van der Waals surface area contributed by atoms with Gasteiger partial charge in [-0.3, -0.25) is 0 Å². The van der Waals surface area contributed by atoms with Crippen LogP contribution in [0.4, 0.5) is 0 Å². The molecule has 0 N–H and O–H groups in total. The van der Waals surface area contributed by atoms with Gasteiger partial charge in [-0.25, -0.2) is 0 Å². The van der Waals surface area contributed by atoms with Gasteiger partial charge in [0.15, 0.2) is 0 Å². The van der Waals surface area contributed by atoms with Gasteiger partial charge in [-0.2, -0.15) is 0 Å². The van der Waals surface area contributed by atoms with Gasteiger partial charge < -0.3 is 0 Å². The van der Waals surface area contributed by atoms with Gasteiger partial charge in [0.05, 0.1) is 0 Å². The third-order valence-electron chi connectivity index (χ3n) is 2.65. The maximum atomic E-state index is 2.33. The van der Waals surface area contributed by atoms with Crippen molar-refractivity contribution < 1.29 is 0 Å². The quantitative estimate of drug-likeness (QED) is 0.492. The van der Waals surface area contributed by atoms with Crippen molar-refractivity contribution in [2.75, 3.05) is 0 Å². The molecule has 0 unspecified atom stereocenters. The van der Waals surface area contributed by atoms with E-state index in [4.69, 9.17) is 0 Å². The Kier molecular flexibility index (Phi) is 17.0. The van der Waals surface area contributed by atoms with E-state index in [2.05, 4.69) is 20.8 Å². The van der Waals surface area contributed by atoms with Crippen LogP contribution in [0, 0.1) is 0 Å². The molecule has 0 saturated carbocycles. The Bertz CT molecular complexity index is 72.2. The van der Waals surface area contributed by atoms with E-state index in [0.717, 1.165) is 0 Å². The molecular formula is C13H31Sn. The first-order valence-corrected chi connectivity index (χ1v) is 12.2. The predicted molar refractivity (Wildman–Crippen MR) is 71.6 cm³/mol. The Hall–Kier alpha value is 0.799. The third-order valence-corrected chi connectivity index (χ3v) is 11.7. The number of unbranched alkanes of at least 4 members (excludes halogenated alkanes) is 3. The Morgan fingerprint density at radius 3 is 1.14 bits per heavy atom. The van der Waals surface area contributed by atoms with Crippen molar-refractivity contribution >= 4 is 19.8 Å². The molecule has 0 atom stereocenters. The Balaban J connectivity index is 0. The van der Waals surface area contributed by atoms with Crippen molar-refractivity contribution in [3.05, 3.63) is 0 Å². The van der Waals surface area contributed by atoms with Crippen LogP contribution in [0.15, 0.2) is 0 Å². The number of hydrogen-bond donors (Lipinski definition) is 0. The van der Waals surface area contributed by atoms with Gasteiger partial charge in [-0.1, -0.05) is 7.43 Å². The molecule has 0 heterocycles. The van der Waals surface area contributed by atoms with E-state index in [-0.39, 0.29) is 7.43 Å². The van der Waals surface area contributed by atoms with Crippen LogP contribution in [0.2, 0.25) is 13.3 Å². The summed E-state index contributed by atoms with van der Waals surface area (Å²) in [4.78, 5) is 0. The van der Waals surface area contributed by atoms with Gasteiger partial charge in [0.2, 0.25) is 0 Å². The summed E-state index contributed by atoms with van der Waals surface area (Å²) < 4.78 is 5.04. The molecule has 0 nitrogen and oxygen atoms in total. The molecule has 0 aromatic rings. The molecule has 0 aliphatic heterocycles. The summed E-state index contributed by atoms with van der Waals surface area (Å²) in [5.41, 5.74) is 0. The zero-order valence-electron chi connectivity index (χ0n) is 9.86. The van der Waals surface area contributed by atoms with Crippen LogP contribution < -0.4 is 0 Å². The molecule has 0 amide bonds. The second-order valence-electron chi connectivity index (χ2n) is 4.06. The first-order chi connectivity index (χ1) is 6.35. The van der Waals surface area contributed by atoms with Crippen molar-refractivity contribution in [2.45, 2.75) is 80.0 Å². The monoisotopic (exact) mass is 307 g/mol. The van der Waals surface area contributed by atoms with E-state index in [1.165, 1.54) is 38.5 Å². The van der Waals surface area contributed by atoms with Gasteiger partial charge in [-0.05, 0) is 0 Å². The van der Waals surface area contributed by atoms with Crippen LogP contribution in [-0.2, 0) is 0 Å². The molecule has 0 rings (SSSR count). The van der Waals surface area contributed by atoms with E-state index < -0.39 is 19.8 Å². The standard InChI is InChI=1S/3C4H9.CH4.Sn/c3*1-3-4-2;;/h3*1,3-4H2,2H3;1H4;. The molecule has 0 spiro atoms. The van der Waals surface area contributed by atoms with Crippen molar-refractivity contribution in [1.82, 2.24) is 0 Å².